The van der Waals surface area contributed by atoms with Crippen LogP contribution in [-0.4, -0.2) is 35.7 Å². The number of oxazole rings is 1. The van der Waals surface area contributed by atoms with Gasteiger partial charge in [-0.3, -0.25) is 0 Å². The summed E-state index contributed by atoms with van der Waals surface area (Å²) < 4.78 is 17.6. The van der Waals surface area contributed by atoms with E-state index in [1.807, 2.05) is 72.5 Å². The molecular formula is C32H34N2O4. The summed E-state index contributed by atoms with van der Waals surface area (Å²) in [6.45, 7) is 6.08. The molecule has 1 aliphatic rings. The Morgan fingerprint density at radius 2 is 1.66 bits per heavy atom. The fourth-order valence-corrected chi connectivity index (χ4v) is 5.13. The smallest absolute Gasteiger partial charge is 0.415 e. The Balaban J connectivity index is 1.15. The van der Waals surface area contributed by atoms with E-state index in [2.05, 4.69) is 24.0 Å². The van der Waals surface area contributed by atoms with Gasteiger partial charge in [-0.05, 0) is 67.1 Å². The first-order chi connectivity index (χ1) is 18.6. The van der Waals surface area contributed by atoms with Gasteiger partial charge in [0.15, 0.2) is 0 Å². The molecule has 3 aromatic carbocycles. The molecule has 1 fully saturated rings. The summed E-state index contributed by atoms with van der Waals surface area (Å²) in [5.74, 6) is 3.71. The normalized spacial score (nSPS) is 16.9. The minimum atomic E-state index is -0.271. The topological polar surface area (TPSA) is 64.8 Å². The molecule has 0 spiro atoms. The van der Waals surface area contributed by atoms with Gasteiger partial charge in [0.25, 0.3) is 0 Å². The van der Waals surface area contributed by atoms with E-state index in [1.165, 1.54) is 5.56 Å². The highest BCUT2D eigenvalue weighted by molar-refractivity contribution is 5.71. The van der Waals surface area contributed by atoms with Crippen LogP contribution >= 0.6 is 0 Å². The van der Waals surface area contributed by atoms with E-state index < -0.39 is 0 Å². The molecule has 4 aromatic rings. The van der Waals surface area contributed by atoms with Gasteiger partial charge >= 0.3 is 6.09 Å². The van der Waals surface area contributed by atoms with E-state index in [-0.39, 0.29) is 6.09 Å². The maximum absolute atomic E-state index is 12.7. The van der Waals surface area contributed by atoms with Crippen molar-refractivity contribution in [3.05, 3.63) is 102 Å². The van der Waals surface area contributed by atoms with Crippen LogP contribution in [0.2, 0.25) is 0 Å². The van der Waals surface area contributed by atoms with Gasteiger partial charge < -0.3 is 18.8 Å². The molecule has 38 heavy (non-hydrogen) atoms. The average molecular weight is 511 g/mol. The summed E-state index contributed by atoms with van der Waals surface area (Å²) in [6, 6.07) is 27.5. The largest absolute Gasteiger partial charge is 0.493 e. The van der Waals surface area contributed by atoms with Crippen molar-refractivity contribution in [1.82, 2.24) is 9.88 Å². The SMILES string of the molecule is CC[C@H]1CN(C(=O)Oc2ccccc2)C[C@@H]1Cc1cccc(OCCc2nc(-c3ccccc3)oc2C)c1. The van der Waals surface area contributed by atoms with E-state index in [4.69, 9.17) is 13.9 Å². The quantitative estimate of drug-likeness (QED) is 0.243. The molecular weight excluding hydrogens is 476 g/mol. The Morgan fingerprint density at radius 1 is 0.947 bits per heavy atom. The van der Waals surface area contributed by atoms with Crippen LogP contribution in [0.3, 0.4) is 0 Å². The highest BCUT2D eigenvalue weighted by atomic mass is 16.6. The molecule has 0 bridgehead atoms. The lowest BCUT2D eigenvalue weighted by Crippen LogP contribution is -2.31. The van der Waals surface area contributed by atoms with Crippen LogP contribution in [0, 0.1) is 18.8 Å². The molecule has 1 aromatic heterocycles. The molecule has 0 N–H and O–H groups in total. The predicted octanol–water partition coefficient (Wildman–Crippen LogP) is 6.97. The fraction of sp³-hybridized carbons (Fsp3) is 0.312. The molecule has 1 aliphatic heterocycles. The second kappa shape index (κ2) is 12.0. The number of rotatable bonds is 9. The van der Waals surface area contributed by atoms with E-state index in [1.54, 1.807) is 12.1 Å². The number of amides is 1. The Labute approximate surface area is 224 Å². The standard InChI is InChI=1S/C32H34N2O4/c1-3-25-21-34(32(35)38-28-14-8-5-9-15-28)22-27(25)19-24-11-10-16-29(20-24)36-18-17-30-23(2)37-31(33-30)26-12-6-4-7-13-26/h4-16,20,25,27H,3,17-19,21-22H2,1-2H3/t25-,27-/m0/s1. The Bertz CT molecular complexity index is 1340. The van der Waals surface area contributed by atoms with Crippen molar-refractivity contribution < 1.29 is 18.7 Å². The Hall–Kier alpha value is -4.06. The summed E-state index contributed by atoms with van der Waals surface area (Å²) in [7, 11) is 0. The van der Waals surface area contributed by atoms with Crippen molar-refractivity contribution in [3.8, 4) is 23.0 Å². The maximum atomic E-state index is 12.7. The molecule has 0 unspecified atom stereocenters. The van der Waals surface area contributed by atoms with Gasteiger partial charge in [-0.2, -0.15) is 0 Å². The number of para-hydroxylation sites is 1. The first-order valence-electron chi connectivity index (χ1n) is 13.3. The molecule has 2 atom stereocenters. The minimum absolute atomic E-state index is 0.271. The number of aryl methyl sites for hydroxylation is 1. The van der Waals surface area contributed by atoms with E-state index in [0.717, 1.165) is 42.2 Å². The molecule has 0 radical (unpaired) electrons. The molecule has 6 heteroatoms. The molecule has 1 saturated heterocycles. The number of benzene rings is 3. The summed E-state index contributed by atoms with van der Waals surface area (Å²) in [6.07, 6.45) is 2.32. The molecule has 2 heterocycles. The van der Waals surface area contributed by atoms with Crippen molar-refractivity contribution in [3.63, 3.8) is 0 Å². The molecule has 1 amide bonds. The third-order valence-electron chi connectivity index (χ3n) is 7.22. The maximum Gasteiger partial charge on any atom is 0.415 e. The van der Waals surface area contributed by atoms with Crippen LogP contribution in [-0.2, 0) is 12.8 Å². The fourth-order valence-electron chi connectivity index (χ4n) is 5.13. The third-order valence-corrected chi connectivity index (χ3v) is 7.22. The number of carbonyl (C=O) groups excluding carboxylic acids is 1. The monoisotopic (exact) mass is 510 g/mol. The van der Waals surface area contributed by atoms with E-state index in [0.29, 0.717) is 43.0 Å². The number of aromatic nitrogens is 1. The van der Waals surface area contributed by atoms with Gasteiger partial charge in [0.2, 0.25) is 5.89 Å². The summed E-state index contributed by atoms with van der Waals surface area (Å²) >= 11 is 0. The zero-order valence-electron chi connectivity index (χ0n) is 22.0. The lowest BCUT2D eigenvalue weighted by Gasteiger charge is -2.17. The van der Waals surface area contributed by atoms with Crippen molar-refractivity contribution >= 4 is 6.09 Å². The first-order valence-corrected chi connectivity index (χ1v) is 13.3. The van der Waals surface area contributed by atoms with Crippen molar-refractivity contribution in [2.45, 2.75) is 33.1 Å². The molecule has 0 aliphatic carbocycles. The van der Waals surface area contributed by atoms with Crippen molar-refractivity contribution in [1.29, 1.82) is 0 Å². The highest BCUT2D eigenvalue weighted by Gasteiger charge is 2.35. The van der Waals surface area contributed by atoms with Crippen LogP contribution < -0.4 is 9.47 Å². The van der Waals surface area contributed by atoms with Gasteiger partial charge in [0.05, 0.1) is 12.3 Å². The number of carbonyl (C=O) groups is 1. The second-order valence-electron chi connectivity index (χ2n) is 9.85. The Morgan fingerprint density at radius 3 is 2.42 bits per heavy atom. The summed E-state index contributed by atoms with van der Waals surface area (Å²) in [5.41, 5.74) is 3.10. The highest BCUT2D eigenvalue weighted by Crippen LogP contribution is 2.31. The van der Waals surface area contributed by atoms with Gasteiger partial charge in [0.1, 0.15) is 17.3 Å². The van der Waals surface area contributed by atoms with Crippen LogP contribution in [0.4, 0.5) is 4.79 Å². The van der Waals surface area contributed by atoms with Crippen LogP contribution in [0.25, 0.3) is 11.5 Å². The second-order valence-corrected chi connectivity index (χ2v) is 9.85. The zero-order valence-corrected chi connectivity index (χ0v) is 22.0. The minimum Gasteiger partial charge on any atom is -0.493 e. The molecule has 0 saturated carbocycles. The van der Waals surface area contributed by atoms with E-state index >= 15 is 0 Å². The number of likely N-dealkylation sites (tertiary alicyclic amines) is 1. The predicted molar refractivity (Wildman–Crippen MR) is 147 cm³/mol. The van der Waals surface area contributed by atoms with Crippen molar-refractivity contribution in [2.75, 3.05) is 19.7 Å². The number of nitrogens with zero attached hydrogens (tertiary/aromatic N) is 2. The number of ether oxygens (including phenoxy) is 2. The zero-order chi connectivity index (χ0) is 26.3. The number of hydrogen-bond acceptors (Lipinski definition) is 5. The van der Waals surface area contributed by atoms with E-state index in [9.17, 15) is 4.79 Å². The van der Waals surface area contributed by atoms with Crippen molar-refractivity contribution in [2.24, 2.45) is 11.8 Å². The molecule has 5 rings (SSSR count). The first kappa shape index (κ1) is 25.6. The van der Waals surface area contributed by atoms with Crippen LogP contribution in [0.1, 0.15) is 30.4 Å². The third kappa shape index (κ3) is 6.25. The summed E-state index contributed by atoms with van der Waals surface area (Å²) in [4.78, 5) is 19.3. The van der Waals surface area contributed by atoms with Crippen LogP contribution in [0.5, 0.6) is 11.5 Å². The average Bonchev–Trinajstić information content (AvgIpc) is 3.53. The van der Waals surface area contributed by atoms with Gasteiger partial charge in [-0.15, -0.1) is 0 Å². The van der Waals surface area contributed by atoms with Gasteiger partial charge in [-0.1, -0.05) is 61.9 Å². The summed E-state index contributed by atoms with van der Waals surface area (Å²) in [5, 5.41) is 0. The Kier molecular flexibility index (Phi) is 8.07. The lowest BCUT2D eigenvalue weighted by atomic mass is 9.88. The lowest BCUT2D eigenvalue weighted by molar-refractivity contribution is 0.160. The molecule has 6 nitrogen and oxygen atoms in total. The number of hydrogen-bond donors (Lipinski definition) is 0. The van der Waals surface area contributed by atoms with Gasteiger partial charge in [-0.25, -0.2) is 9.78 Å². The van der Waals surface area contributed by atoms with Gasteiger partial charge in [0, 0.05) is 25.1 Å². The molecule has 196 valence electrons. The van der Waals surface area contributed by atoms with Crippen LogP contribution in [0.15, 0.2) is 89.3 Å².